The third kappa shape index (κ3) is 7.50. The molecule has 0 unspecified atom stereocenters. The smallest absolute Gasteiger partial charge is 0.307 e. The molecule has 4 nitrogen and oxygen atoms in total. The monoisotopic (exact) mass is 176 g/mol. The summed E-state index contributed by atoms with van der Waals surface area (Å²) in [5, 5.41) is 8.44. The van der Waals surface area contributed by atoms with E-state index < -0.39 is 0 Å². The van der Waals surface area contributed by atoms with Gasteiger partial charge in [0.05, 0.1) is 0 Å². The molecule has 0 atom stereocenters. The summed E-state index contributed by atoms with van der Waals surface area (Å²) in [5.74, 6) is -0.241. The van der Waals surface area contributed by atoms with Crippen molar-refractivity contribution in [3.8, 4) is 0 Å². The van der Waals surface area contributed by atoms with Crippen molar-refractivity contribution in [2.75, 3.05) is 20.5 Å². The first-order chi connectivity index (χ1) is 5.81. The van der Waals surface area contributed by atoms with Crippen LogP contribution in [0.4, 0.5) is 0 Å². The number of hydrogen-bond acceptors (Lipinski definition) is 4. The lowest BCUT2D eigenvalue weighted by Gasteiger charge is -2.01. The molecule has 0 saturated carbocycles. The molecule has 0 radical (unpaired) electrons. The van der Waals surface area contributed by atoms with Crippen LogP contribution in [0.1, 0.15) is 25.7 Å². The van der Waals surface area contributed by atoms with E-state index in [1.165, 1.54) is 7.11 Å². The number of esters is 1. The molecule has 0 spiro atoms. The highest BCUT2D eigenvalue weighted by Crippen LogP contribution is 2.00. The van der Waals surface area contributed by atoms with Gasteiger partial charge >= 0.3 is 5.97 Å². The van der Waals surface area contributed by atoms with Gasteiger partial charge in [0.25, 0.3) is 0 Å². The molecule has 72 valence electrons. The summed E-state index contributed by atoms with van der Waals surface area (Å²) in [6.45, 7) is 0.214. The van der Waals surface area contributed by atoms with Crippen LogP contribution in [-0.2, 0) is 14.3 Å². The summed E-state index contributed by atoms with van der Waals surface area (Å²) in [4.78, 5) is 10.8. The Labute approximate surface area is 72.5 Å². The maximum Gasteiger partial charge on any atom is 0.307 e. The third-order valence-corrected chi connectivity index (χ3v) is 1.38. The summed E-state index contributed by atoms with van der Waals surface area (Å²) < 4.78 is 9.20. The van der Waals surface area contributed by atoms with Crippen LogP contribution in [0.15, 0.2) is 0 Å². The Kier molecular flexibility index (Phi) is 8.05. The second-order valence-corrected chi connectivity index (χ2v) is 2.46. The summed E-state index contributed by atoms with van der Waals surface area (Å²) in [6.07, 6.45) is 2.78. The van der Waals surface area contributed by atoms with Gasteiger partial charge in [-0.25, -0.2) is 0 Å². The van der Waals surface area contributed by atoms with Crippen molar-refractivity contribution in [1.29, 1.82) is 0 Å². The number of aliphatic hydroxyl groups is 1. The van der Waals surface area contributed by atoms with Gasteiger partial charge in [-0.2, -0.15) is 0 Å². The molecule has 0 saturated heterocycles. The summed E-state index contributed by atoms with van der Waals surface area (Å²) in [5.41, 5.74) is 0. The van der Waals surface area contributed by atoms with Crippen LogP contribution in [0.5, 0.6) is 0 Å². The van der Waals surface area contributed by atoms with Crippen molar-refractivity contribution in [2.24, 2.45) is 0 Å². The van der Waals surface area contributed by atoms with E-state index in [9.17, 15) is 4.79 Å². The van der Waals surface area contributed by atoms with Crippen LogP contribution < -0.4 is 0 Å². The zero-order valence-corrected chi connectivity index (χ0v) is 7.41. The normalized spacial score (nSPS) is 9.83. The van der Waals surface area contributed by atoms with E-state index in [2.05, 4.69) is 9.47 Å². The molecule has 0 fully saturated rings. The molecule has 0 aromatic heterocycles. The van der Waals surface area contributed by atoms with Crippen LogP contribution in [0.3, 0.4) is 0 Å². The Balaban J connectivity index is 3.08. The molecule has 0 aliphatic carbocycles. The highest BCUT2D eigenvalue weighted by molar-refractivity contribution is 5.69. The zero-order valence-electron chi connectivity index (χ0n) is 7.41. The summed E-state index contributed by atoms with van der Waals surface area (Å²) >= 11 is 0. The molecular formula is C8H16O4. The molecule has 0 aliphatic heterocycles. The molecule has 0 aromatic rings. The number of hydrogen-bond donors (Lipinski definition) is 1. The van der Waals surface area contributed by atoms with Gasteiger partial charge in [0.15, 0.2) is 6.79 Å². The second-order valence-electron chi connectivity index (χ2n) is 2.46. The van der Waals surface area contributed by atoms with Crippen LogP contribution in [0, 0.1) is 0 Å². The average molecular weight is 176 g/mol. The van der Waals surface area contributed by atoms with Gasteiger partial charge in [0, 0.05) is 20.1 Å². The number of rotatable bonds is 7. The Hall–Kier alpha value is -0.610. The number of carbonyl (C=O) groups excluding carboxylic acids is 1. The van der Waals surface area contributed by atoms with Crippen LogP contribution >= 0.6 is 0 Å². The van der Waals surface area contributed by atoms with Crippen LogP contribution in [0.25, 0.3) is 0 Å². The van der Waals surface area contributed by atoms with Crippen molar-refractivity contribution in [3.05, 3.63) is 0 Å². The van der Waals surface area contributed by atoms with Crippen molar-refractivity contribution < 1.29 is 19.4 Å². The molecule has 0 amide bonds. The minimum atomic E-state index is -0.241. The fraction of sp³-hybridized carbons (Fsp3) is 0.875. The molecule has 0 aromatic carbocycles. The average Bonchev–Trinajstić information content (AvgIpc) is 2.09. The molecule has 0 bridgehead atoms. The minimum absolute atomic E-state index is 0.0266. The van der Waals surface area contributed by atoms with Gasteiger partial charge in [0.2, 0.25) is 0 Å². The SMILES string of the molecule is COCOC(=O)CCCCCO. The molecular weight excluding hydrogens is 160 g/mol. The number of unbranched alkanes of at least 4 members (excludes halogenated alkanes) is 2. The molecule has 0 rings (SSSR count). The minimum Gasteiger partial charge on any atom is -0.438 e. The molecule has 4 heteroatoms. The van der Waals surface area contributed by atoms with Crippen molar-refractivity contribution in [1.82, 2.24) is 0 Å². The first-order valence-electron chi connectivity index (χ1n) is 4.06. The predicted octanol–water partition coefficient (Wildman–Crippen LogP) is 0.686. The van der Waals surface area contributed by atoms with E-state index in [1.807, 2.05) is 0 Å². The number of aliphatic hydroxyl groups excluding tert-OH is 1. The van der Waals surface area contributed by atoms with Crippen molar-refractivity contribution in [3.63, 3.8) is 0 Å². The highest BCUT2D eigenvalue weighted by Gasteiger charge is 2.00. The van der Waals surface area contributed by atoms with Crippen LogP contribution in [0.2, 0.25) is 0 Å². The number of carbonyl (C=O) groups is 1. The van der Waals surface area contributed by atoms with E-state index >= 15 is 0 Å². The van der Waals surface area contributed by atoms with Gasteiger partial charge in [-0.1, -0.05) is 6.42 Å². The van der Waals surface area contributed by atoms with Crippen molar-refractivity contribution in [2.45, 2.75) is 25.7 Å². The standard InChI is InChI=1S/C8H16O4/c1-11-7-12-8(10)5-3-2-4-6-9/h9H,2-7H2,1H3. The Morgan fingerprint density at radius 1 is 1.33 bits per heavy atom. The van der Waals surface area contributed by atoms with Gasteiger partial charge in [0.1, 0.15) is 0 Å². The maximum absolute atomic E-state index is 10.8. The maximum atomic E-state index is 10.8. The zero-order chi connectivity index (χ0) is 9.23. The largest absolute Gasteiger partial charge is 0.438 e. The molecule has 1 N–H and O–H groups in total. The third-order valence-electron chi connectivity index (χ3n) is 1.38. The van der Waals surface area contributed by atoms with Gasteiger partial charge in [-0.3, -0.25) is 4.79 Å². The molecule has 12 heavy (non-hydrogen) atoms. The first-order valence-corrected chi connectivity index (χ1v) is 4.06. The fourth-order valence-corrected chi connectivity index (χ4v) is 0.755. The van der Waals surface area contributed by atoms with Gasteiger partial charge in [-0.05, 0) is 12.8 Å². The lowest BCUT2D eigenvalue weighted by molar-refractivity contribution is -0.154. The predicted molar refractivity (Wildman–Crippen MR) is 43.5 cm³/mol. The lowest BCUT2D eigenvalue weighted by atomic mass is 10.2. The summed E-state index contributed by atoms with van der Waals surface area (Å²) in [6, 6.07) is 0. The molecule has 0 heterocycles. The quantitative estimate of drug-likeness (QED) is 0.352. The van der Waals surface area contributed by atoms with Gasteiger partial charge in [-0.15, -0.1) is 0 Å². The van der Waals surface area contributed by atoms with Gasteiger partial charge < -0.3 is 14.6 Å². The van der Waals surface area contributed by atoms with Crippen molar-refractivity contribution >= 4 is 5.97 Å². The fourth-order valence-electron chi connectivity index (χ4n) is 0.755. The van der Waals surface area contributed by atoms with E-state index in [4.69, 9.17) is 5.11 Å². The van der Waals surface area contributed by atoms with E-state index in [0.717, 1.165) is 19.3 Å². The Morgan fingerprint density at radius 2 is 2.08 bits per heavy atom. The highest BCUT2D eigenvalue weighted by atomic mass is 16.7. The summed E-state index contributed by atoms with van der Waals surface area (Å²) in [7, 11) is 1.47. The van der Waals surface area contributed by atoms with E-state index in [-0.39, 0.29) is 19.4 Å². The van der Waals surface area contributed by atoms with E-state index in [1.54, 1.807) is 0 Å². The van der Waals surface area contributed by atoms with Crippen LogP contribution in [-0.4, -0.2) is 31.6 Å². The Morgan fingerprint density at radius 3 is 2.67 bits per heavy atom. The number of methoxy groups -OCH3 is 1. The first kappa shape index (κ1) is 11.4. The second kappa shape index (κ2) is 8.49. The molecule has 0 aliphatic rings. The number of ether oxygens (including phenoxy) is 2. The van der Waals surface area contributed by atoms with E-state index in [0.29, 0.717) is 6.42 Å². The lowest BCUT2D eigenvalue weighted by Crippen LogP contribution is -2.06. The Bertz CT molecular complexity index is 114. The topological polar surface area (TPSA) is 55.8 Å².